The van der Waals surface area contributed by atoms with E-state index in [1.54, 1.807) is 0 Å². The van der Waals surface area contributed by atoms with Gasteiger partial charge in [0.2, 0.25) is 5.91 Å². The van der Waals surface area contributed by atoms with E-state index in [0.717, 1.165) is 57.8 Å². The maximum Gasteiger partial charge on any atom is 0.236 e. The molecule has 0 unspecified atom stereocenters. The number of nitrogens with zero attached hydrogens (tertiary/aromatic N) is 4. The molecule has 2 saturated heterocycles. The Balaban J connectivity index is 1.44. The molecule has 1 aromatic rings. The van der Waals surface area contributed by atoms with Gasteiger partial charge in [-0.2, -0.15) is 0 Å². The third-order valence-electron chi connectivity index (χ3n) is 5.74. The maximum atomic E-state index is 12.6. The second kappa shape index (κ2) is 8.95. The van der Waals surface area contributed by atoms with Crippen molar-refractivity contribution in [3.05, 3.63) is 35.4 Å². The van der Waals surface area contributed by atoms with Crippen LogP contribution in [0.4, 0.5) is 0 Å². The van der Waals surface area contributed by atoms with Gasteiger partial charge >= 0.3 is 0 Å². The van der Waals surface area contributed by atoms with Crippen LogP contribution >= 0.6 is 0 Å². The Morgan fingerprint density at radius 1 is 1.08 bits per heavy atom. The number of aliphatic hydroxyl groups is 1. The zero-order valence-electron chi connectivity index (χ0n) is 16.1. The number of benzene rings is 1. The molecule has 6 nitrogen and oxygen atoms in total. The van der Waals surface area contributed by atoms with E-state index >= 15 is 0 Å². The molecule has 6 heteroatoms. The summed E-state index contributed by atoms with van der Waals surface area (Å²) in [5, 5.41) is 9.47. The van der Waals surface area contributed by atoms with Crippen molar-refractivity contribution in [2.24, 2.45) is 0 Å². The van der Waals surface area contributed by atoms with Crippen LogP contribution in [-0.2, 0) is 17.9 Å². The summed E-state index contributed by atoms with van der Waals surface area (Å²) in [5.41, 5.74) is 2.18. The highest BCUT2D eigenvalue weighted by atomic mass is 16.3. The molecule has 1 N–H and O–H groups in total. The number of likely N-dealkylation sites (N-methyl/N-ethyl adjacent to an activating group) is 1. The molecular weight excluding hydrogens is 328 g/mol. The van der Waals surface area contributed by atoms with Crippen molar-refractivity contribution < 1.29 is 9.90 Å². The van der Waals surface area contributed by atoms with Gasteiger partial charge in [-0.25, -0.2) is 0 Å². The number of hydrogen-bond acceptors (Lipinski definition) is 5. The smallest absolute Gasteiger partial charge is 0.236 e. The lowest BCUT2D eigenvalue weighted by molar-refractivity contribution is -0.134. The Morgan fingerprint density at radius 2 is 1.77 bits per heavy atom. The van der Waals surface area contributed by atoms with E-state index in [1.165, 1.54) is 5.56 Å². The highest BCUT2D eigenvalue weighted by Gasteiger charge is 2.28. The lowest BCUT2D eigenvalue weighted by Gasteiger charge is -2.35. The van der Waals surface area contributed by atoms with Crippen molar-refractivity contribution in [2.75, 3.05) is 59.9 Å². The minimum Gasteiger partial charge on any atom is -0.392 e. The number of carbonyl (C=O) groups is 1. The van der Waals surface area contributed by atoms with Crippen LogP contribution in [0.25, 0.3) is 0 Å². The van der Waals surface area contributed by atoms with Crippen LogP contribution in [0.1, 0.15) is 17.5 Å². The number of piperazine rings is 1. The monoisotopic (exact) mass is 360 g/mol. The summed E-state index contributed by atoms with van der Waals surface area (Å²) in [6, 6.07) is 8.62. The van der Waals surface area contributed by atoms with Crippen LogP contribution in [0.3, 0.4) is 0 Å². The first-order valence-electron chi connectivity index (χ1n) is 9.63. The Labute approximate surface area is 157 Å². The molecule has 1 atom stereocenters. The lowest BCUT2D eigenvalue weighted by atomic mass is 10.1. The van der Waals surface area contributed by atoms with E-state index in [1.807, 2.05) is 23.1 Å². The van der Waals surface area contributed by atoms with Crippen LogP contribution in [0.2, 0.25) is 0 Å². The number of hydrogen-bond donors (Lipinski definition) is 1. The highest BCUT2D eigenvalue weighted by Crippen LogP contribution is 2.15. The molecule has 1 amide bonds. The second-order valence-electron chi connectivity index (χ2n) is 7.72. The molecule has 0 spiro atoms. The minimum absolute atomic E-state index is 0.0817. The molecule has 0 aliphatic carbocycles. The predicted octanol–water partition coefficient (Wildman–Crippen LogP) is 0.459. The van der Waals surface area contributed by atoms with Crippen molar-refractivity contribution in [1.29, 1.82) is 0 Å². The highest BCUT2D eigenvalue weighted by molar-refractivity contribution is 5.78. The molecule has 2 heterocycles. The van der Waals surface area contributed by atoms with Crippen molar-refractivity contribution in [3.63, 3.8) is 0 Å². The third kappa shape index (κ3) is 4.82. The maximum absolute atomic E-state index is 12.6. The zero-order valence-corrected chi connectivity index (χ0v) is 16.1. The van der Waals surface area contributed by atoms with Gasteiger partial charge in [0, 0.05) is 51.9 Å². The van der Waals surface area contributed by atoms with Gasteiger partial charge in [-0.1, -0.05) is 24.3 Å². The number of aliphatic hydroxyl groups excluding tert-OH is 1. The summed E-state index contributed by atoms with van der Waals surface area (Å²) in [4.78, 5) is 21.5. The average Bonchev–Trinajstić information content (AvgIpc) is 3.11. The quantitative estimate of drug-likeness (QED) is 0.799. The Bertz CT molecular complexity index is 599. The first-order valence-corrected chi connectivity index (χ1v) is 9.63. The number of amides is 1. The molecule has 2 aliphatic heterocycles. The standard InChI is InChI=1S/C20H32N4O2/c1-21(2)19-7-8-23(14-19)15-20(26)24-11-9-22(10-12-24)13-17-5-3-4-6-18(17)16-25/h3-6,19,25H,7-16H2,1-2H3/t19-/m1/s1. The molecular formula is C20H32N4O2. The number of rotatable bonds is 6. The van der Waals surface area contributed by atoms with E-state index in [9.17, 15) is 9.90 Å². The molecule has 3 rings (SSSR count). The Morgan fingerprint density at radius 3 is 2.38 bits per heavy atom. The molecule has 0 radical (unpaired) electrons. The van der Waals surface area contributed by atoms with Gasteiger partial charge < -0.3 is 14.9 Å². The summed E-state index contributed by atoms with van der Waals surface area (Å²) in [7, 11) is 4.23. The predicted molar refractivity (Wildman–Crippen MR) is 103 cm³/mol. The van der Waals surface area contributed by atoms with E-state index in [4.69, 9.17) is 0 Å². The van der Waals surface area contributed by atoms with Gasteiger partial charge in [0.1, 0.15) is 0 Å². The molecule has 0 bridgehead atoms. The molecule has 2 aliphatic rings. The van der Waals surface area contributed by atoms with Crippen LogP contribution in [0, 0.1) is 0 Å². The molecule has 0 aromatic heterocycles. The average molecular weight is 361 g/mol. The van der Waals surface area contributed by atoms with Gasteiger partial charge in [-0.05, 0) is 31.6 Å². The first-order chi connectivity index (χ1) is 12.6. The van der Waals surface area contributed by atoms with Gasteiger partial charge in [-0.3, -0.25) is 14.6 Å². The first kappa shape index (κ1) is 19.3. The molecule has 1 aromatic carbocycles. The number of carbonyl (C=O) groups excluding carboxylic acids is 1. The van der Waals surface area contributed by atoms with E-state index < -0.39 is 0 Å². The van der Waals surface area contributed by atoms with Gasteiger partial charge in [-0.15, -0.1) is 0 Å². The summed E-state index contributed by atoms with van der Waals surface area (Å²) in [6.45, 7) is 6.88. The molecule has 0 saturated carbocycles. The third-order valence-corrected chi connectivity index (χ3v) is 5.74. The minimum atomic E-state index is 0.0817. The van der Waals surface area contributed by atoms with Gasteiger partial charge in [0.25, 0.3) is 0 Å². The van der Waals surface area contributed by atoms with Crippen LogP contribution in [-0.4, -0.2) is 96.6 Å². The second-order valence-corrected chi connectivity index (χ2v) is 7.72. The normalized spacial score (nSPS) is 22.3. The van der Waals surface area contributed by atoms with Crippen molar-refractivity contribution in [3.8, 4) is 0 Å². The van der Waals surface area contributed by atoms with Crippen molar-refractivity contribution in [2.45, 2.75) is 25.6 Å². The Kier molecular flexibility index (Phi) is 6.64. The fourth-order valence-corrected chi connectivity index (χ4v) is 3.93. The largest absolute Gasteiger partial charge is 0.392 e. The van der Waals surface area contributed by atoms with Gasteiger partial charge in [0.15, 0.2) is 0 Å². The summed E-state index contributed by atoms with van der Waals surface area (Å²) < 4.78 is 0. The molecule has 26 heavy (non-hydrogen) atoms. The summed E-state index contributed by atoms with van der Waals surface area (Å²) in [5.74, 6) is 0.264. The van der Waals surface area contributed by atoms with Crippen molar-refractivity contribution in [1.82, 2.24) is 19.6 Å². The van der Waals surface area contributed by atoms with Crippen LogP contribution in [0.15, 0.2) is 24.3 Å². The summed E-state index contributed by atoms with van der Waals surface area (Å²) >= 11 is 0. The SMILES string of the molecule is CN(C)[C@@H]1CCN(CC(=O)N2CCN(Cc3ccccc3CO)CC2)C1. The fourth-order valence-electron chi connectivity index (χ4n) is 3.93. The Hall–Kier alpha value is -1.47. The van der Waals surface area contributed by atoms with Crippen LogP contribution in [0.5, 0.6) is 0 Å². The van der Waals surface area contributed by atoms with E-state index in [-0.39, 0.29) is 12.5 Å². The van der Waals surface area contributed by atoms with E-state index in [2.05, 4.69) is 34.9 Å². The van der Waals surface area contributed by atoms with Crippen molar-refractivity contribution >= 4 is 5.91 Å². The lowest BCUT2D eigenvalue weighted by Crippen LogP contribution is -2.50. The van der Waals surface area contributed by atoms with Crippen LogP contribution < -0.4 is 0 Å². The van der Waals surface area contributed by atoms with Gasteiger partial charge in [0.05, 0.1) is 13.2 Å². The topological polar surface area (TPSA) is 50.3 Å². The zero-order chi connectivity index (χ0) is 18.5. The number of likely N-dealkylation sites (tertiary alicyclic amines) is 1. The van der Waals surface area contributed by atoms with E-state index in [0.29, 0.717) is 12.6 Å². The fraction of sp³-hybridized carbons (Fsp3) is 0.650. The summed E-state index contributed by atoms with van der Waals surface area (Å²) in [6.07, 6.45) is 1.15. The molecule has 2 fully saturated rings. The molecule has 144 valence electrons.